The van der Waals surface area contributed by atoms with E-state index in [1.165, 1.54) is 6.20 Å². The summed E-state index contributed by atoms with van der Waals surface area (Å²) >= 11 is 15.3. The van der Waals surface area contributed by atoms with E-state index in [1.54, 1.807) is 31.3 Å². The molecule has 1 heterocycles. The Morgan fingerprint density at radius 2 is 2.05 bits per heavy atom. The Hall–Kier alpha value is -1.30. The zero-order chi connectivity index (χ0) is 14.7. The van der Waals surface area contributed by atoms with Gasteiger partial charge in [-0.25, -0.2) is 4.98 Å². The molecule has 104 valence electrons. The second-order valence-corrected chi connectivity index (χ2v) is 5.47. The molecule has 2 aromatic rings. The number of anilines is 2. The predicted octanol–water partition coefficient (Wildman–Crippen LogP) is 4.44. The normalized spacial score (nSPS) is 10.2. The van der Waals surface area contributed by atoms with E-state index in [1.807, 2.05) is 0 Å². The van der Waals surface area contributed by atoms with Crippen molar-refractivity contribution in [2.45, 2.75) is 0 Å². The molecule has 0 radical (unpaired) electrons. The molecule has 0 unspecified atom stereocenters. The number of amides is 1. The largest absolute Gasteiger partial charge is 0.372 e. The fourth-order valence-electron chi connectivity index (χ4n) is 1.54. The van der Waals surface area contributed by atoms with E-state index in [2.05, 4.69) is 31.5 Å². The third kappa shape index (κ3) is 3.23. The number of pyridine rings is 1. The van der Waals surface area contributed by atoms with Crippen LogP contribution in [0.3, 0.4) is 0 Å². The number of nitrogens with one attached hydrogen (secondary N) is 2. The Balaban J connectivity index is 2.24. The highest BCUT2D eigenvalue weighted by atomic mass is 79.9. The Morgan fingerprint density at radius 1 is 1.30 bits per heavy atom. The molecule has 20 heavy (non-hydrogen) atoms. The van der Waals surface area contributed by atoms with Gasteiger partial charge in [0.1, 0.15) is 5.82 Å². The molecule has 0 saturated carbocycles. The fraction of sp³-hybridized carbons (Fsp3) is 0.0769. The van der Waals surface area contributed by atoms with Crippen molar-refractivity contribution >= 4 is 56.5 Å². The number of halogens is 3. The maximum Gasteiger partial charge on any atom is 0.257 e. The lowest BCUT2D eigenvalue weighted by molar-refractivity contribution is 0.102. The van der Waals surface area contributed by atoms with Gasteiger partial charge in [0, 0.05) is 13.2 Å². The van der Waals surface area contributed by atoms with E-state index in [0.717, 1.165) is 0 Å². The molecule has 0 aliphatic heterocycles. The van der Waals surface area contributed by atoms with Crippen LogP contribution in [0.1, 0.15) is 10.4 Å². The number of carbonyl (C=O) groups excluding carboxylic acids is 1. The number of carbonyl (C=O) groups is 1. The number of hydrogen-bond donors (Lipinski definition) is 2. The average molecular weight is 375 g/mol. The Labute approximate surface area is 134 Å². The first-order valence-corrected chi connectivity index (χ1v) is 7.16. The number of nitrogens with zero attached hydrogens (tertiary/aromatic N) is 1. The highest BCUT2D eigenvalue weighted by Crippen LogP contribution is 2.30. The van der Waals surface area contributed by atoms with Crippen LogP contribution in [-0.4, -0.2) is 17.9 Å². The van der Waals surface area contributed by atoms with Crippen molar-refractivity contribution in [3.8, 4) is 0 Å². The molecule has 0 saturated heterocycles. The third-order valence-electron chi connectivity index (χ3n) is 2.54. The van der Waals surface area contributed by atoms with Crippen LogP contribution < -0.4 is 10.6 Å². The molecular weight excluding hydrogens is 365 g/mol. The summed E-state index contributed by atoms with van der Waals surface area (Å²) in [4.78, 5) is 16.2. The van der Waals surface area contributed by atoms with Crippen molar-refractivity contribution in [3.63, 3.8) is 0 Å². The number of hydrogen-bond acceptors (Lipinski definition) is 3. The lowest BCUT2D eigenvalue weighted by atomic mass is 10.2. The van der Waals surface area contributed by atoms with Crippen molar-refractivity contribution in [2.75, 3.05) is 17.7 Å². The molecule has 2 N–H and O–H groups in total. The van der Waals surface area contributed by atoms with Crippen molar-refractivity contribution in [2.24, 2.45) is 0 Å². The van der Waals surface area contributed by atoms with Crippen molar-refractivity contribution in [1.29, 1.82) is 0 Å². The third-order valence-corrected chi connectivity index (χ3v) is 4.23. The van der Waals surface area contributed by atoms with E-state index in [0.29, 0.717) is 31.6 Å². The van der Waals surface area contributed by atoms with Crippen LogP contribution in [0.25, 0.3) is 0 Å². The van der Waals surface area contributed by atoms with Gasteiger partial charge in [-0.3, -0.25) is 4.79 Å². The van der Waals surface area contributed by atoms with Gasteiger partial charge in [-0.2, -0.15) is 0 Å². The molecule has 0 bridgehead atoms. The molecule has 0 atom stereocenters. The fourth-order valence-corrected chi connectivity index (χ4v) is 2.34. The zero-order valence-electron chi connectivity index (χ0n) is 10.4. The minimum absolute atomic E-state index is 0.315. The van der Waals surface area contributed by atoms with E-state index in [4.69, 9.17) is 23.2 Å². The zero-order valence-corrected chi connectivity index (χ0v) is 13.5. The van der Waals surface area contributed by atoms with Crippen LogP contribution in [0, 0.1) is 0 Å². The highest BCUT2D eigenvalue weighted by molar-refractivity contribution is 9.10. The van der Waals surface area contributed by atoms with Gasteiger partial charge in [-0.1, -0.05) is 29.3 Å². The molecule has 0 aliphatic rings. The van der Waals surface area contributed by atoms with Gasteiger partial charge in [-0.05, 0) is 34.1 Å². The molecule has 0 aliphatic carbocycles. The van der Waals surface area contributed by atoms with E-state index < -0.39 is 0 Å². The van der Waals surface area contributed by atoms with Crippen LogP contribution in [0.4, 0.5) is 11.5 Å². The van der Waals surface area contributed by atoms with E-state index in [9.17, 15) is 4.79 Å². The van der Waals surface area contributed by atoms with Crippen molar-refractivity contribution < 1.29 is 4.79 Å². The van der Waals surface area contributed by atoms with Gasteiger partial charge >= 0.3 is 0 Å². The Kier molecular flexibility index (Phi) is 4.86. The minimum atomic E-state index is -0.315. The van der Waals surface area contributed by atoms with Crippen molar-refractivity contribution in [3.05, 3.63) is 50.5 Å². The summed E-state index contributed by atoms with van der Waals surface area (Å²) in [6.45, 7) is 0. The summed E-state index contributed by atoms with van der Waals surface area (Å²) in [5.74, 6) is 0.206. The number of aromatic nitrogens is 1. The van der Waals surface area contributed by atoms with Gasteiger partial charge < -0.3 is 10.6 Å². The maximum absolute atomic E-state index is 12.1. The van der Waals surface area contributed by atoms with Crippen LogP contribution in [-0.2, 0) is 0 Å². The quantitative estimate of drug-likeness (QED) is 0.834. The maximum atomic E-state index is 12.1. The molecular formula is C13H10BrCl2N3O. The Bertz CT molecular complexity index is 664. The monoisotopic (exact) mass is 373 g/mol. The highest BCUT2D eigenvalue weighted by Gasteiger charge is 2.12. The van der Waals surface area contributed by atoms with Gasteiger partial charge in [0.05, 0.1) is 25.8 Å². The summed E-state index contributed by atoms with van der Waals surface area (Å²) in [5.41, 5.74) is 0.942. The smallest absolute Gasteiger partial charge is 0.257 e. The van der Waals surface area contributed by atoms with E-state index >= 15 is 0 Å². The molecule has 7 heteroatoms. The number of benzene rings is 1. The molecule has 2 rings (SSSR count). The first kappa shape index (κ1) is 15.1. The van der Waals surface area contributed by atoms with Gasteiger partial charge in [0.15, 0.2) is 0 Å². The van der Waals surface area contributed by atoms with Crippen LogP contribution >= 0.6 is 39.1 Å². The second kappa shape index (κ2) is 6.43. The lowest BCUT2D eigenvalue weighted by Gasteiger charge is -2.09. The van der Waals surface area contributed by atoms with Crippen molar-refractivity contribution in [1.82, 2.24) is 4.98 Å². The first-order chi connectivity index (χ1) is 9.52. The van der Waals surface area contributed by atoms with Gasteiger partial charge in [0.25, 0.3) is 5.91 Å². The van der Waals surface area contributed by atoms with Crippen LogP contribution in [0.5, 0.6) is 0 Å². The van der Waals surface area contributed by atoms with E-state index in [-0.39, 0.29) is 5.91 Å². The summed E-state index contributed by atoms with van der Waals surface area (Å²) in [7, 11) is 1.71. The summed E-state index contributed by atoms with van der Waals surface area (Å²) in [6, 6.07) is 6.76. The molecule has 1 aromatic heterocycles. The first-order valence-electron chi connectivity index (χ1n) is 5.61. The van der Waals surface area contributed by atoms with Gasteiger partial charge in [-0.15, -0.1) is 0 Å². The molecule has 0 spiro atoms. The molecule has 1 amide bonds. The van der Waals surface area contributed by atoms with Crippen LogP contribution in [0.2, 0.25) is 10.0 Å². The summed E-state index contributed by atoms with van der Waals surface area (Å²) < 4.78 is 0.626. The van der Waals surface area contributed by atoms with Gasteiger partial charge in [0.2, 0.25) is 0 Å². The summed E-state index contributed by atoms with van der Waals surface area (Å²) in [5, 5.41) is 6.47. The molecule has 4 nitrogen and oxygen atoms in total. The Morgan fingerprint density at radius 3 is 2.70 bits per heavy atom. The second-order valence-electron chi connectivity index (χ2n) is 3.86. The number of rotatable bonds is 3. The topological polar surface area (TPSA) is 54.0 Å². The molecule has 0 fully saturated rings. The standard InChI is InChI=1S/C13H10BrCl2N3O/c1-17-12-9(16)5-7(6-18-12)13(20)19-10-4-2-3-8(15)11(10)14/h2-6H,1H3,(H,17,18)(H,19,20). The average Bonchev–Trinajstić information content (AvgIpc) is 2.43. The lowest BCUT2D eigenvalue weighted by Crippen LogP contribution is -2.13. The SMILES string of the molecule is CNc1ncc(C(=O)Nc2cccc(Cl)c2Br)cc1Cl. The molecule has 1 aromatic carbocycles. The summed E-state index contributed by atoms with van der Waals surface area (Å²) in [6.07, 6.45) is 1.45. The van der Waals surface area contributed by atoms with Crippen LogP contribution in [0.15, 0.2) is 34.9 Å². The minimum Gasteiger partial charge on any atom is -0.372 e. The predicted molar refractivity (Wildman–Crippen MR) is 85.9 cm³/mol.